The molecule has 0 aliphatic heterocycles. The van der Waals surface area contributed by atoms with Gasteiger partial charge < -0.3 is 16.2 Å². The normalized spacial score (nSPS) is 11.2. The van der Waals surface area contributed by atoms with Crippen molar-refractivity contribution in [1.82, 2.24) is 4.98 Å². The van der Waals surface area contributed by atoms with Crippen LogP contribution in [0.3, 0.4) is 0 Å². The SMILES string of the molecule is CC(C)(CC(N)=O)Nc1ncc(-c2cccc(Cl)c2)cc1O. The summed E-state index contributed by atoms with van der Waals surface area (Å²) in [5.41, 5.74) is 6.21. The average molecular weight is 320 g/mol. The van der Waals surface area contributed by atoms with Crippen LogP contribution in [0.4, 0.5) is 5.82 Å². The molecular formula is C16H18ClN3O2. The fourth-order valence-electron chi connectivity index (χ4n) is 2.18. The molecule has 0 spiro atoms. The summed E-state index contributed by atoms with van der Waals surface area (Å²) in [5.74, 6) is -0.125. The van der Waals surface area contributed by atoms with Gasteiger partial charge in [0, 0.05) is 28.7 Å². The standard InChI is InChI=1S/C16H18ClN3O2/c1-16(2,8-14(18)22)20-15-13(21)7-11(9-19-15)10-4-3-5-12(17)6-10/h3-7,9,21H,8H2,1-2H3,(H2,18,22)(H,19,20). The molecule has 1 heterocycles. The Kier molecular flexibility index (Phi) is 4.56. The first-order chi connectivity index (χ1) is 10.3. The zero-order valence-corrected chi connectivity index (χ0v) is 13.2. The van der Waals surface area contributed by atoms with E-state index in [0.29, 0.717) is 10.8 Å². The first-order valence-corrected chi connectivity index (χ1v) is 7.16. The summed E-state index contributed by atoms with van der Waals surface area (Å²) in [6.45, 7) is 3.62. The van der Waals surface area contributed by atoms with Crippen molar-refractivity contribution in [2.24, 2.45) is 5.73 Å². The number of hydrogen-bond acceptors (Lipinski definition) is 4. The van der Waals surface area contributed by atoms with Gasteiger partial charge in [0.25, 0.3) is 0 Å². The Bertz CT molecular complexity index is 702. The maximum absolute atomic E-state index is 11.0. The molecule has 0 saturated heterocycles. The number of nitrogens with two attached hydrogens (primary N) is 1. The number of aromatic hydroxyl groups is 1. The highest BCUT2D eigenvalue weighted by Crippen LogP contribution is 2.30. The van der Waals surface area contributed by atoms with Crippen molar-refractivity contribution in [3.8, 4) is 16.9 Å². The van der Waals surface area contributed by atoms with Crippen LogP contribution in [0, 0.1) is 0 Å². The summed E-state index contributed by atoms with van der Waals surface area (Å²) in [7, 11) is 0. The minimum atomic E-state index is -0.603. The fraction of sp³-hybridized carbons (Fsp3) is 0.250. The number of rotatable bonds is 5. The molecule has 0 fully saturated rings. The molecule has 1 aromatic carbocycles. The molecule has 0 aliphatic carbocycles. The van der Waals surface area contributed by atoms with Crippen molar-refractivity contribution in [3.63, 3.8) is 0 Å². The molecule has 0 atom stereocenters. The van der Waals surface area contributed by atoms with Gasteiger partial charge in [-0.1, -0.05) is 23.7 Å². The molecule has 5 nitrogen and oxygen atoms in total. The van der Waals surface area contributed by atoms with E-state index in [4.69, 9.17) is 17.3 Å². The number of hydrogen-bond donors (Lipinski definition) is 3. The molecule has 6 heteroatoms. The van der Waals surface area contributed by atoms with Crippen molar-refractivity contribution in [3.05, 3.63) is 41.6 Å². The summed E-state index contributed by atoms with van der Waals surface area (Å²) in [6, 6.07) is 8.88. The minimum Gasteiger partial charge on any atom is -0.504 e. The zero-order valence-electron chi connectivity index (χ0n) is 12.4. The van der Waals surface area contributed by atoms with E-state index in [-0.39, 0.29) is 12.2 Å². The Morgan fingerprint density at radius 2 is 2.09 bits per heavy atom. The van der Waals surface area contributed by atoms with Crippen molar-refractivity contribution in [2.75, 3.05) is 5.32 Å². The molecule has 0 saturated carbocycles. The lowest BCUT2D eigenvalue weighted by Crippen LogP contribution is -2.36. The van der Waals surface area contributed by atoms with Gasteiger partial charge in [0.1, 0.15) is 0 Å². The molecule has 2 rings (SSSR count). The molecule has 0 bridgehead atoms. The van der Waals surface area contributed by atoms with Gasteiger partial charge in [-0.25, -0.2) is 4.98 Å². The number of nitrogens with zero attached hydrogens (tertiary/aromatic N) is 1. The zero-order chi connectivity index (χ0) is 16.3. The average Bonchev–Trinajstić information content (AvgIpc) is 2.39. The van der Waals surface area contributed by atoms with Crippen molar-refractivity contribution >= 4 is 23.3 Å². The highest BCUT2D eigenvalue weighted by atomic mass is 35.5. The van der Waals surface area contributed by atoms with Gasteiger partial charge in [0.2, 0.25) is 5.91 Å². The van der Waals surface area contributed by atoms with E-state index in [2.05, 4.69) is 10.3 Å². The Hall–Kier alpha value is -2.27. The number of anilines is 1. The molecule has 4 N–H and O–H groups in total. The number of pyridine rings is 1. The van der Waals surface area contributed by atoms with Gasteiger partial charge in [-0.2, -0.15) is 0 Å². The van der Waals surface area contributed by atoms with E-state index in [9.17, 15) is 9.90 Å². The second-order valence-corrected chi connectivity index (χ2v) is 6.19. The smallest absolute Gasteiger partial charge is 0.219 e. The summed E-state index contributed by atoms with van der Waals surface area (Å²) in [5, 5.41) is 13.8. The second kappa shape index (κ2) is 6.23. The molecule has 0 radical (unpaired) electrons. The van der Waals surface area contributed by atoms with E-state index < -0.39 is 11.4 Å². The summed E-state index contributed by atoms with van der Waals surface area (Å²) in [4.78, 5) is 15.3. The molecule has 0 unspecified atom stereocenters. The van der Waals surface area contributed by atoms with E-state index in [1.165, 1.54) is 0 Å². The van der Waals surface area contributed by atoms with Crippen LogP contribution in [0.15, 0.2) is 36.5 Å². The monoisotopic (exact) mass is 319 g/mol. The number of benzene rings is 1. The maximum Gasteiger partial charge on any atom is 0.219 e. The molecule has 1 aromatic heterocycles. The lowest BCUT2D eigenvalue weighted by Gasteiger charge is -2.25. The summed E-state index contributed by atoms with van der Waals surface area (Å²) < 4.78 is 0. The Morgan fingerprint density at radius 3 is 2.68 bits per heavy atom. The molecule has 116 valence electrons. The number of nitrogens with one attached hydrogen (secondary N) is 1. The topological polar surface area (TPSA) is 88.2 Å². The maximum atomic E-state index is 11.0. The third-order valence-corrected chi connectivity index (χ3v) is 3.33. The van der Waals surface area contributed by atoms with Gasteiger partial charge >= 0.3 is 0 Å². The highest BCUT2D eigenvalue weighted by Gasteiger charge is 2.22. The van der Waals surface area contributed by atoms with E-state index >= 15 is 0 Å². The molecule has 2 aromatic rings. The Balaban J connectivity index is 2.25. The van der Waals surface area contributed by atoms with Gasteiger partial charge in [0.05, 0.1) is 0 Å². The molecule has 0 aliphatic rings. The summed E-state index contributed by atoms with van der Waals surface area (Å²) >= 11 is 5.96. The van der Waals surface area contributed by atoms with E-state index in [1.807, 2.05) is 26.0 Å². The predicted molar refractivity (Wildman–Crippen MR) is 87.9 cm³/mol. The largest absolute Gasteiger partial charge is 0.504 e. The number of aromatic nitrogens is 1. The van der Waals surface area contributed by atoms with Crippen LogP contribution < -0.4 is 11.1 Å². The van der Waals surface area contributed by atoms with Crippen LogP contribution in [0.25, 0.3) is 11.1 Å². The third-order valence-electron chi connectivity index (χ3n) is 3.10. The van der Waals surface area contributed by atoms with Gasteiger partial charge in [0.15, 0.2) is 11.6 Å². The molecule has 22 heavy (non-hydrogen) atoms. The highest BCUT2D eigenvalue weighted by molar-refractivity contribution is 6.30. The van der Waals surface area contributed by atoms with E-state index in [0.717, 1.165) is 11.1 Å². The Labute approximate surface area is 134 Å². The number of halogens is 1. The molecule has 1 amide bonds. The lowest BCUT2D eigenvalue weighted by atomic mass is 10.00. The van der Waals surface area contributed by atoms with Crippen LogP contribution >= 0.6 is 11.6 Å². The summed E-state index contributed by atoms with van der Waals surface area (Å²) in [6.07, 6.45) is 1.76. The fourth-order valence-corrected chi connectivity index (χ4v) is 2.37. The van der Waals surface area contributed by atoms with Crippen molar-refractivity contribution in [2.45, 2.75) is 25.8 Å². The van der Waals surface area contributed by atoms with Crippen molar-refractivity contribution < 1.29 is 9.90 Å². The first kappa shape index (κ1) is 16.1. The number of carbonyl (C=O) groups excluding carboxylic acids is 1. The predicted octanol–water partition coefficient (Wildman–Crippen LogP) is 3.17. The van der Waals surface area contributed by atoms with Crippen LogP contribution in [0.5, 0.6) is 5.75 Å². The van der Waals surface area contributed by atoms with Crippen LogP contribution in [-0.2, 0) is 4.79 Å². The third kappa shape index (κ3) is 4.11. The quantitative estimate of drug-likeness (QED) is 0.789. The van der Waals surface area contributed by atoms with E-state index in [1.54, 1.807) is 24.4 Å². The van der Waals surface area contributed by atoms with Gasteiger partial charge in [-0.05, 0) is 37.6 Å². The van der Waals surface area contributed by atoms with Crippen LogP contribution in [0.2, 0.25) is 5.02 Å². The lowest BCUT2D eigenvalue weighted by molar-refractivity contribution is -0.118. The first-order valence-electron chi connectivity index (χ1n) is 6.78. The molecular weight excluding hydrogens is 302 g/mol. The number of amides is 1. The van der Waals surface area contributed by atoms with Gasteiger partial charge in [-0.3, -0.25) is 4.79 Å². The van der Waals surface area contributed by atoms with Crippen LogP contribution in [-0.4, -0.2) is 21.5 Å². The minimum absolute atomic E-state index is 0.00461. The number of primary amides is 1. The van der Waals surface area contributed by atoms with Crippen molar-refractivity contribution in [1.29, 1.82) is 0 Å². The van der Waals surface area contributed by atoms with Gasteiger partial charge in [-0.15, -0.1) is 0 Å². The number of carbonyl (C=O) groups is 1. The van der Waals surface area contributed by atoms with Crippen LogP contribution in [0.1, 0.15) is 20.3 Å². The Morgan fingerprint density at radius 1 is 1.36 bits per heavy atom. The second-order valence-electron chi connectivity index (χ2n) is 5.75.